The van der Waals surface area contributed by atoms with E-state index in [4.69, 9.17) is 9.84 Å². The van der Waals surface area contributed by atoms with Crippen molar-refractivity contribution in [3.05, 3.63) is 65.2 Å². The molecule has 0 saturated heterocycles. The monoisotopic (exact) mass is 355 g/mol. The van der Waals surface area contributed by atoms with E-state index in [1.54, 1.807) is 24.1 Å². The van der Waals surface area contributed by atoms with Crippen molar-refractivity contribution in [1.29, 1.82) is 0 Å². The van der Waals surface area contributed by atoms with Crippen LogP contribution in [0.5, 0.6) is 5.75 Å². The van der Waals surface area contributed by atoms with E-state index in [2.05, 4.69) is 0 Å². The molecule has 2 aromatic carbocycles. The number of nitrogens with zero attached hydrogens (tertiary/aromatic N) is 1. The van der Waals surface area contributed by atoms with Crippen LogP contribution in [0.25, 0.3) is 0 Å². The third-order valence-electron chi connectivity index (χ3n) is 4.41. The minimum absolute atomic E-state index is 0.0398. The number of aryl methyl sites for hydroxylation is 1. The number of ether oxygens (including phenoxy) is 1. The minimum Gasteiger partial charge on any atom is -0.482 e. The number of likely N-dealkylation sites (N-methyl/N-ethyl adjacent to an activating group) is 1. The van der Waals surface area contributed by atoms with Crippen LogP contribution in [0.4, 0.5) is 0 Å². The molecule has 1 amide bonds. The maximum atomic E-state index is 13.0. The van der Waals surface area contributed by atoms with E-state index < -0.39 is 11.4 Å². The third kappa shape index (κ3) is 4.63. The Morgan fingerprint density at radius 2 is 1.69 bits per heavy atom. The number of amides is 1. The van der Waals surface area contributed by atoms with Crippen molar-refractivity contribution in [2.75, 3.05) is 13.7 Å². The zero-order chi connectivity index (χ0) is 19.3. The summed E-state index contributed by atoms with van der Waals surface area (Å²) in [5, 5.41) is 8.63. The molecule has 0 aliphatic rings. The highest BCUT2D eigenvalue weighted by Crippen LogP contribution is 2.28. The van der Waals surface area contributed by atoms with Gasteiger partial charge in [-0.2, -0.15) is 0 Å². The summed E-state index contributed by atoms with van der Waals surface area (Å²) < 4.78 is 5.12. The fraction of sp³-hybridized carbons (Fsp3) is 0.333. The average Bonchev–Trinajstić information content (AvgIpc) is 2.60. The summed E-state index contributed by atoms with van der Waals surface area (Å²) >= 11 is 0. The first-order valence-electron chi connectivity index (χ1n) is 8.47. The van der Waals surface area contributed by atoms with E-state index in [1.807, 2.05) is 57.2 Å². The smallest absolute Gasteiger partial charge is 0.341 e. The molecule has 1 N–H and O–H groups in total. The quantitative estimate of drug-likeness (QED) is 0.827. The number of hydrogen-bond acceptors (Lipinski definition) is 3. The molecule has 0 radical (unpaired) electrons. The predicted molar refractivity (Wildman–Crippen MR) is 100 cm³/mol. The SMILES string of the molecule is Cc1ccccc1C(C)(C)C(=O)N(C)Cc1ccc(OCC(=O)O)cc1. The number of carbonyl (C=O) groups excluding carboxylic acids is 1. The number of benzene rings is 2. The van der Waals surface area contributed by atoms with Gasteiger partial charge in [-0.05, 0) is 49.6 Å². The van der Waals surface area contributed by atoms with Crippen LogP contribution in [0.15, 0.2) is 48.5 Å². The summed E-state index contributed by atoms with van der Waals surface area (Å²) in [6, 6.07) is 15.0. The van der Waals surface area contributed by atoms with Crippen LogP contribution in [-0.4, -0.2) is 35.5 Å². The molecule has 0 bridgehead atoms. The van der Waals surface area contributed by atoms with Gasteiger partial charge in [0.1, 0.15) is 5.75 Å². The first-order chi connectivity index (χ1) is 12.2. The number of hydrogen-bond donors (Lipinski definition) is 1. The summed E-state index contributed by atoms with van der Waals surface area (Å²) in [6.07, 6.45) is 0. The van der Waals surface area contributed by atoms with Gasteiger partial charge < -0.3 is 14.7 Å². The lowest BCUT2D eigenvalue weighted by Crippen LogP contribution is -2.41. The number of aliphatic carboxylic acids is 1. The lowest BCUT2D eigenvalue weighted by Gasteiger charge is -2.31. The van der Waals surface area contributed by atoms with Crippen LogP contribution in [0.3, 0.4) is 0 Å². The number of carboxylic acids is 1. The lowest BCUT2D eigenvalue weighted by atomic mass is 9.81. The predicted octanol–water partition coefficient (Wildman–Crippen LogP) is 3.39. The van der Waals surface area contributed by atoms with Gasteiger partial charge in [-0.25, -0.2) is 4.79 Å². The molecule has 0 atom stereocenters. The van der Waals surface area contributed by atoms with Crippen LogP contribution in [-0.2, 0) is 21.5 Å². The molecule has 5 heteroatoms. The van der Waals surface area contributed by atoms with Crippen LogP contribution in [0.2, 0.25) is 0 Å². The van der Waals surface area contributed by atoms with Gasteiger partial charge >= 0.3 is 5.97 Å². The summed E-state index contributed by atoms with van der Waals surface area (Å²) in [6.45, 7) is 5.99. The van der Waals surface area contributed by atoms with Gasteiger partial charge in [0.2, 0.25) is 5.91 Å². The van der Waals surface area contributed by atoms with Crippen LogP contribution < -0.4 is 4.74 Å². The lowest BCUT2D eigenvalue weighted by molar-refractivity contribution is -0.139. The van der Waals surface area contributed by atoms with Gasteiger partial charge in [0.15, 0.2) is 6.61 Å². The Morgan fingerprint density at radius 1 is 1.08 bits per heavy atom. The number of carboxylic acid groups (broad SMARTS) is 1. The number of rotatable bonds is 7. The molecule has 0 heterocycles. The highest BCUT2D eigenvalue weighted by molar-refractivity contribution is 5.87. The van der Waals surface area contributed by atoms with E-state index in [-0.39, 0.29) is 12.5 Å². The molecule has 0 aliphatic heterocycles. The van der Waals surface area contributed by atoms with E-state index in [9.17, 15) is 9.59 Å². The molecular formula is C21H25NO4. The van der Waals surface area contributed by atoms with E-state index >= 15 is 0 Å². The fourth-order valence-corrected chi connectivity index (χ4v) is 3.05. The van der Waals surface area contributed by atoms with Crippen molar-refractivity contribution in [3.8, 4) is 5.75 Å². The van der Waals surface area contributed by atoms with Gasteiger partial charge in [0.25, 0.3) is 0 Å². The number of carbonyl (C=O) groups is 2. The van der Waals surface area contributed by atoms with E-state index in [1.165, 1.54) is 0 Å². The second-order valence-electron chi connectivity index (χ2n) is 6.93. The van der Waals surface area contributed by atoms with Crippen LogP contribution in [0, 0.1) is 6.92 Å². The van der Waals surface area contributed by atoms with Crippen LogP contribution >= 0.6 is 0 Å². The summed E-state index contributed by atoms with van der Waals surface area (Å²) in [5.41, 5.74) is 2.45. The molecule has 0 spiro atoms. The van der Waals surface area contributed by atoms with Gasteiger partial charge in [0.05, 0.1) is 5.41 Å². The summed E-state index contributed by atoms with van der Waals surface area (Å²) in [5.74, 6) is -0.485. The first kappa shape index (κ1) is 19.5. The Morgan fingerprint density at radius 3 is 2.27 bits per heavy atom. The van der Waals surface area contributed by atoms with Gasteiger partial charge in [-0.3, -0.25) is 4.79 Å². The Labute approximate surface area is 154 Å². The van der Waals surface area contributed by atoms with Crippen molar-refractivity contribution < 1.29 is 19.4 Å². The van der Waals surface area contributed by atoms with Crippen LogP contribution in [0.1, 0.15) is 30.5 Å². The summed E-state index contributed by atoms with van der Waals surface area (Å²) in [4.78, 5) is 25.2. The van der Waals surface area contributed by atoms with E-state index in [0.717, 1.165) is 16.7 Å². The molecule has 0 fully saturated rings. The molecule has 2 aromatic rings. The molecule has 0 aromatic heterocycles. The molecule has 5 nitrogen and oxygen atoms in total. The van der Waals surface area contributed by atoms with Crippen molar-refractivity contribution in [2.24, 2.45) is 0 Å². The van der Waals surface area contributed by atoms with Crippen molar-refractivity contribution in [2.45, 2.75) is 32.7 Å². The molecule has 0 unspecified atom stereocenters. The van der Waals surface area contributed by atoms with Crippen molar-refractivity contribution in [3.63, 3.8) is 0 Å². The maximum absolute atomic E-state index is 13.0. The molecule has 0 saturated carbocycles. The normalized spacial score (nSPS) is 11.1. The van der Waals surface area contributed by atoms with E-state index in [0.29, 0.717) is 12.3 Å². The Balaban J connectivity index is 2.06. The zero-order valence-electron chi connectivity index (χ0n) is 15.7. The largest absolute Gasteiger partial charge is 0.482 e. The molecule has 2 rings (SSSR count). The van der Waals surface area contributed by atoms with Crippen molar-refractivity contribution in [1.82, 2.24) is 4.90 Å². The molecular weight excluding hydrogens is 330 g/mol. The van der Waals surface area contributed by atoms with Gasteiger partial charge in [-0.15, -0.1) is 0 Å². The second-order valence-corrected chi connectivity index (χ2v) is 6.93. The Bertz CT molecular complexity index is 781. The zero-order valence-corrected chi connectivity index (χ0v) is 15.7. The standard InChI is InChI=1S/C21H25NO4/c1-15-7-5-6-8-18(15)21(2,3)20(25)22(4)13-16-9-11-17(12-10-16)26-14-19(23)24/h5-12H,13-14H2,1-4H3,(H,23,24). The fourth-order valence-electron chi connectivity index (χ4n) is 3.05. The topological polar surface area (TPSA) is 66.8 Å². The highest BCUT2D eigenvalue weighted by atomic mass is 16.5. The average molecular weight is 355 g/mol. The maximum Gasteiger partial charge on any atom is 0.341 e. The van der Waals surface area contributed by atoms with Crippen molar-refractivity contribution >= 4 is 11.9 Å². The molecule has 0 aliphatic carbocycles. The Hall–Kier alpha value is -2.82. The highest BCUT2D eigenvalue weighted by Gasteiger charge is 2.33. The Kier molecular flexibility index (Phi) is 6.03. The molecule has 26 heavy (non-hydrogen) atoms. The molecule has 138 valence electrons. The van der Waals surface area contributed by atoms with Gasteiger partial charge in [-0.1, -0.05) is 36.4 Å². The minimum atomic E-state index is -1.02. The van der Waals surface area contributed by atoms with Gasteiger partial charge in [0, 0.05) is 13.6 Å². The second kappa shape index (κ2) is 8.04. The summed E-state index contributed by atoms with van der Waals surface area (Å²) in [7, 11) is 1.79. The third-order valence-corrected chi connectivity index (χ3v) is 4.41. The first-order valence-corrected chi connectivity index (χ1v) is 8.47.